The zero-order chi connectivity index (χ0) is 19.3. The highest BCUT2D eigenvalue weighted by molar-refractivity contribution is 9.10. The fraction of sp³-hybridized carbons (Fsp3) is 0.0435. The molecule has 3 aromatic carbocycles. The van der Waals surface area contributed by atoms with Gasteiger partial charge in [-0.3, -0.25) is 5.43 Å². The van der Waals surface area contributed by atoms with Gasteiger partial charge in [-0.1, -0.05) is 42.3 Å². The Hall–Kier alpha value is -3.36. The van der Waals surface area contributed by atoms with E-state index in [1.165, 1.54) is 0 Å². The number of para-hydroxylation sites is 2. The second-order valence-corrected chi connectivity index (χ2v) is 6.93. The molecule has 0 aliphatic heterocycles. The molecule has 0 amide bonds. The lowest BCUT2D eigenvalue weighted by atomic mass is 10.1. The van der Waals surface area contributed by atoms with Crippen molar-refractivity contribution in [2.24, 2.45) is 5.10 Å². The Morgan fingerprint density at radius 3 is 2.36 bits per heavy atom. The van der Waals surface area contributed by atoms with Crippen molar-refractivity contribution in [2.45, 2.75) is 0 Å². The van der Waals surface area contributed by atoms with Gasteiger partial charge in [0.1, 0.15) is 12.4 Å². The summed E-state index contributed by atoms with van der Waals surface area (Å²) < 4.78 is 6.29. The predicted molar refractivity (Wildman–Crippen MR) is 119 cm³/mol. The average molecular weight is 430 g/mol. The molecule has 0 unspecified atom stereocenters. The Labute approximate surface area is 171 Å². The van der Waals surface area contributed by atoms with E-state index in [-0.39, 0.29) is 6.61 Å². The van der Waals surface area contributed by atoms with Crippen molar-refractivity contribution < 1.29 is 4.74 Å². The van der Waals surface area contributed by atoms with Crippen LogP contribution in [0.2, 0.25) is 0 Å². The number of terminal acetylenes is 1. The van der Waals surface area contributed by atoms with Crippen molar-refractivity contribution in [1.29, 1.82) is 0 Å². The molecule has 0 atom stereocenters. The van der Waals surface area contributed by atoms with Crippen LogP contribution in [0.25, 0.3) is 21.8 Å². The summed E-state index contributed by atoms with van der Waals surface area (Å²) in [5.74, 6) is 3.16. The van der Waals surface area contributed by atoms with Crippen LogP contribution in [-0.4, -0.2) is 17.8 Å². The zero-order valence-corrected chi connectivity index (χ0v) is 16.5. The third-order valence-corrected chi connectivity index (χ3v) is 4.86. The molecule has 0 aliphatic carbocycles. The van der Waals surface area contributed by atoms with Gasteiger partial charge in [-0.25, -0.2) is 4.98 Å². The first kappa shape index (κ1) is 18.0. The Morgan fingerprint density at radius 2 is 1.71 bits per heavy atom. The first-order valence-electron chi connectivity index (χ1n) is 8.68. The van der Waals surface area contributed by atoms with E-state index in [2.05, 4.69) is 32.4 Å². The number of hydrogen-bond acceptors (Lipinski definition) is 4. The molecule has 1 heterocycles. The molecule has 1 aromatic heterocycles. The van der Waals surface area contributed by atoms with Crippen LogP contribution in [0, 0.1) is 12.3 Å². The van der Waals surface area contributed by atoms with Crippen molar-refractivity contribution in [1.82, 2.24) is 4.98 Å². The summed E-state index contributed by atoms with van der Waals surface area (Å²) in [4.78, 5) is 4.72. The third kappa shape index (κ3) is 3.68. The maximum atomic E-state index is 5.46. The summed E-state index contributed by atoms with van der Waals surface area (Å²) in [7, 11) is 0. The Balaban J connectivity index is 1.65. The van der Waals surface area contributed by atoms with Crippen LogP contribution in [-0.2, 0) is 0 Å². The number of rotatable bonds is 5. The highest BCUT2D eigenvalue weighted by atomic mass is 79.9. The van der Waals surface area contributed by atoms with Crippen molar-refractivity contribution in [3.63, 3.8) is 0 Å². The number of hydrogen-bond donors (Lipinski definition) is 1. The van der Waals surface area contributed by atoms with Crippen molar-refractivity contribution in [3.8, 4) is 18.1 Å². The van der Waals surface area contributed by atoms with Crippen LogP contribution in [0.1, 0.15) is 5.56 Å². The van der Waals surface area contributed by atoms with Gasteiger partial charge in [0.05, 0.1) is 27.4 Å². The van der Waals surface area contributed by atoms with E-state index in [1.807, 2.05) is 66.7 Å². The number of benzene rings is 3. The minimum absolute atomic E-state index is 0.232. The van der Waals surface area contributed by atoms with Gasteiger partial charge in [0.15, 0.2) is 0 Å². The van der Waals surface area contributed by atoms with Gasteiger partial charge in [0.2, 0.25) is 0 Å². The second kappa shape index (κ2) is 8.12. The van der Waals surface area contributed by atoms with E-state index in [0.29, 0.717) is 5.75 Å². The number of nitrogens with zero attached hydrogens (tertiary/aromatic N) is 2. The summed E-state index contributed by atoms with van der Waals surface area (Å²) in [5, 5.41) is 6.50. The summed E-state index contributed by atoms with van der Waals surface area (Å²) >= 11 is 3.50. The molecule has 28 heavy (non-hydrogen) atoms. The monoisotopic (exact) mass is 429 g/mol. The highest BCUT2D eigenvalue weighted by Crippen LogP contribution is 2.30. The minimum atomic E-state index is 0.232. The summed E-state index contributed by atoms with van der Waals surface area (Å²) in [5.41, 5.74) is 6.92. The van der Waals surface area contributed by atoms with Crippen molar-refractivity contribution in [3.05, 3.63) is 76.8 Å². The topological polar surface area (TPSA) is 46.5 Å². The van der Waals surface area contributed by atoms with Gasteiger partial charge >= 0.3 is 0 Å². The Bertz CT molecular complexity index is 1170. The van der Waals surface area contributed by atoms with E-state index in [9.17, 15) is 0 Å². The van der Waals surface area contributed by atoms with Gasteiger partial charge in [-0.05, 0) is 51.8 Å². The molecule has 4 rings (SSSR count). The van der Waals surface area contributed by atoms with Crippen molar-refractivity contribution in [2.75, 3.05) is 12.0 Å². The summed E-state index contributed by atoms with van der Waals surface area (Å²) in [6.07, 6.45) is 7.00. The first-order valence-corrected chi connectivity index (χ1v) is 9.48. The summed E-state index contributed by atoms with van der Waals surface area (Å²) in [6, 6.07) is 21.8. The molecule has 0 spiro atoms. The largest absolute Gasteiger partial charge is 0.480 e. The van der Waals surface area contributed by atoms with E-state index in [4.69, 9.17) is 16.1 Å². The van der Waals surface area contributed by atoms with Crippen LogP contribution in [0.5, 0.6) is 5.75 Å². The molecule has 0 radical (unpaired) electrons. The molecule has 0 saturated heterocycles. The van der Waals surface area contributed by atoms with E-state index < -0.39 is 0 Å². The van der Waals surface area contributed by atoms with Crippen LogP contribution >= 0.6 is 15.9 Å². The molecule has 4 aromatic rings. The number of halogens is 1. The maximum Gasteiger partial charge on any atom is 0.148 e. The second-order valence-electron chi connectivity index (χ2n) is 6.07. The lowest BCUT2D eigenvalue weighted by molar-refractivity contribution is 0.368. The van der Waals surface area contributed by atoms with Gasteiger partial charge < -0.3 is 4.74 Å². The molecule has 0 saturated carbocycles. The van der Waals surface area contributed by atoms with E-state index in [0.717, 1.165) is 37.5 Å². The molecule has 5 heteroatoms. The number of pyridine rings is 1. The number of ether oxygens (including phenoxy) is 1. The maximum absolute atomic E-state index is 5.46. The number of nitrogens with one attached hydrogen (secondary N) is 1. The first-order chi connectivity index (χ1) is 13.8. The molecule has 0 bridgehead atoms. The van der Waals surface area contributed by atoms with Crippen molar-refractivity contribution >= 4 is 49.6 Å². The molecule has 136 valence electrons. The van der Waals surface area contributed by atoms with Crippen LogP contribution in [0.4, 0.5) is 5.69 Å². The molecular weight excluding hydrogens is 414 g/mol. The van der Waals surface area contributed by atoms with Crippen LogP contribution in [0.3, 0.4) is 0 Å². The van der Waals surface area contributed by atoms with Crippen LogP contribution in [0.15, 0.2) is 76.3 Å². The number of fused-ring (bicyclic) bond motifs is 2. The quantitative estimate of drug-likeness (QED) is 0.194. The Kier molecular flexibility index (Phi) is 5.22. The highest BCUT2D eigenvalue weighted by Gasteiger charge is 2.07. The molecule has 0 fully saturated rings. The third-order valence-electron chi connectivity index (χ3n) is 4.24. The smallest absolute Gasteiger partial charge is 0.148 e. The minimum Gasteiger partial charge on any atom is -0.480 e. The van der Waals surface area contributed by atoms with Gasteiger partial charge in [-0.2, -0.15) is 5.10 Å². The Morgan fingerprint density at radius 1 is 1.04 bits per heavy atom. The normalized spacial score (nSPS) is 11.0. The molecule has 4 nitrogen and oxygen atoms in total. The van der Waals surface area contributed by atoms with Gasteiger partial charge in [-0.15, -0.1) is 6.42 Å². The summed E-state index contributed by atoms with van der Waals surface area (Å²) in [6.45, 7) is 0.232. The number of hydrazone groups is 1. The SMILES string of the molecule is C#CCOc1ccc(/C=N/Nc2c3ccccc3nc3ccccc23)cc1Br. The average Bonchev–Trinajstić information content (AvgIpc) is 2.72. The van der Waals surface area contributed by atoms with Gasteiger partial charge in [0.25, 0.3) is 0 Å². The van der Waals surface area contributed by atoms with E-state index >= 15 is 0 Å². The standard InChI is InChI=1S/C23H16BrN3O/c1-2-13-28-22-12-11-16(14-19(22)24)15-25-27-23-17-7-3-5-9-20(17)26-21-10-6-4-8-18(21)23/h1,3-12,14-15H,13H2,(H,26,27)/b25-15+. The fourth-order valence-electron chi connectivity index (χ4n) is 2.97. The fourth-order valence-corrected chi connectivity index (χ4v) is 3.48. The predicted octanol–water partition coefficient (Wildman–Crippen LogP) is 5.61. The molecule has 0 aliphatic rings. The lowest BCUT2D eigenvalue weighted by Crippen LogP contribution is -1.96. The van der Waals surface area contributed by atoms with E-state index in [1.54, 1.807) is 6.21 Å². The van der Waals surface area contributed by atoms with Gasteiger partial charge in [0, 0.05) is 10.8 Å². The number of aromatic nitrogens is 1. The lowest BCUT2D eigenvalue weighted by Gasteiger charge is -2.10. The number of anilines is 1. The zero-order valence-electron chi connectivity index (χ0n) is 14.9. The van der Waals surface area contributed by atoms with Crippen LogP contribution < -0.4 is 10.2 Å². The molecule has 1 N–H and O–H groups in total. The molecular formula is C23H16BrN3O.